The predicted molar refractivity (Wildman–Crippen MR) is 66.5 cm³/mol. The maximum atomic E-state index is 4.48. The number of nitrogens with zero attached hydrogens (tertiary/aromatic N) is 2. The molecule has 1 heterocycles. The molecule has 1 aromatic carbocycles. The monoisotopic (exact) mass is 213 g/mol. The van der Waals surface area contributed by atoms with Crippen molar-refractivity contribution in [2.75, 3.05) is 12.4 Å². The SMILES string of the molecule is CNc1cncc(-c2ccc(C)cc2C)n1. The summed E-state index contributed by atoms with van der Waals surface area (Å²) in [6.07, 6.45) is 3.51. The van der Waals surface area contributed by atoms with E-state index in [0.717, 1.165) is 17.1 Å². The van der Waals surface area contributed by atoms with Gasteiger partial charge in [-0.3, -0.25) is 4.98 Å². The summed E-state index contributed by atoms with van der Waals surface area (Å²) in [5.74, 6) is 0.789. The fourth-order valence-electron chi connectivity index (χ4n) is 1.72. The molecule has 1 aromatic heterocycles. The summed E-state index contributed by atoms with van der Waals surface area (Å²) in [6, 6.07) is 6.34. The molecule has 0 spiro atoms. The van der Waals surface area contributed by atoms with E-state index in [1.54, 1.807) is 12.4 Å². The van der Waals surface area contributed by atoms with Crippen LogP contribution in [0.4, 0.5) is 5.82 Å². The quantitative estimate of drug-likeness (QED) is 0.833. The molecule has 16 heavy (non-hydrogen) atoms. The molecule has 0 aliphatic rings. The Morgan fingerprint density at radius 3 is 2.62 bits per heavy atom. The van der Waals surface area contributed by atoms with Crippen molar-refractivity contribution in [2.24, 2.45) is 0 Å². The number of aromatic nitrogens is 2. The summed E-state index contributed by atoms with van der Waals surface area (Å²) < 4.78 is 0. The van der Waals surface area contributed by atoms with Gasteiger partial charge in [-0.05, 0) is 19.4 Å². The topological polar surface area (TPSA) is 37.8 Å². The average molecular weight is 213 g/mol. The third kappa shape index (κ3) is 2.03. The highest BCUT2D eigenvalue weighted by Gasteiger charge is 2.04. The zero-order valence-corrected chi connectivity index (χ0v) is 9.78. The Morgan fingerprint density at radius 1 is 1.12 bits per heavy atom. The standard InChI is InChI=1S/C13H15N3/c1-9-4-5-11(10(2)6-9)12-7-15-8-13(14-3)16-12/h4-8H,1-3H3,(H,14,16). The van der Waals surface area contributed by atoms with Crippen molar-refractivity contribution in [2.45, 2.75) is 13.8 Å². The molecule has 0 atom stereocenters. The number of aryl methyl sites for hydroxylation is 2. The predicted octanol–water partition coefficient (Wildman–Crippen LogP) is 2.80. The summed E-state index contributed by atoms with van der Waals surface area (Å²) in [4.78, 5) is 8.65. The van der Waals surface area contributed by atoms with Crippen LogP contribution >= 0.6 is 0 Å². The molecule has 0 fully saturated rings. The molecule has 0 saturated carbocycles. The molecule has 1 N–H and O–H groups in total. The molecule has 0 saturated heterocycles. The Morgan fingerprint density at radius 2 is 1.94 bits per heavy atom. The first-order chi connectivity index (χ1) is 7.70. The van der Waals surface area contributed by atoms with E-state index in [1.807, 2.05) is 7.05 Å². The molecular weight excluding hydrogens is 198 g/mol. The summed E-state index contributed by atoms with van der Waals surface area (Å²) in [7, 11) is 1.84. The van der Waals surface area contributed by atoms with Gasteiger partial charge in [-0.15, -0.1) is 0 Å². The third-order valence-corrected chi connectivity index (χ3v) is 2.55. The van der Waals surface area contributed by atoms with Gasteiger partial charge in [0.2, 0.25) is 0 Å². The number of hydrogen-bond donors (Lipinski definition) is 1. The molecule has 82 valence electrons. The van der Waals surface area contributed by atoms with Crippen molar-refractivity contribution in [3.8, 4) is 11.3 Å². The lowest BCUT2D eigenvalue weighted by atomic mass is 10.0. The number of anilines is 1. The Hall–Kier alpha value is -1.90. The van der Waals surface area contributed by atoms with Gasteiger partial charge in [-0.2, -0.15) is 0 Å². The Labute approximate surface area is 95.6 Å². The summed E-state index contributed by atoms with van der Waals surface area (Å²) in [6.45, 7) is 4.18. The number of rotatable bonds is 2. The molecule has 2 rings (SSSR count). The van der Waals surface area contributed by atoms with Crippen LogP contribution in [0.5, 0.6) is 0 Å². The second-order valence-corrected chi connectivity index (χ2v) is 3.86. The number of hydrogen-bond acceptors (Lipinski definition) is 3. The highest BCUT2D eigenvalue weighted by Crippen LogP contribution is 2.22. The van der Waals surface area contributed by atoms with Gasteiger partial charge in [0.15, 0.2) is 0 Å². The summed E-state index contributed by atoms with van der Waals surface area (Å²) >= 11 is 0. The smallest absolute Gasteiger partial charge is 0.144 e. The van der Waals surface area contributed by atoms with Crippen molar-refractivity contribution >= 4 is 5.82 Å². The van der Waals surface area contributed by atoms with Crippen molar-refractivity contribution in [1.29, 1.82) is 0 Å². The Kier molecular flexibility index (Phi) is 2.86. The lowest BCUT2D eigenvalue weighted by Crippen LogP contribution is -1.96. The largest absolute Gasteiger partial charge is 0.372 e. The van der Waals surface area contributed by atoms with E-state index in [0.29, 0.717) is 0 Å². The Balaban J connectivity index is 2.49. The van der Waals surface area contributed by atoms with Crippen molar-refractivity contribution in [3.63, 3.8) is 0 Å². The number of nitrogens with one attached hydrogen (secondary N) is 1. The molecule has 0 amide bonds. The van der Waals surface area contributed by atoms with E-state index in [9.17, 15) is 0 Å². The van der Waals surface area contributed by atoms with E-state index in [4.69, 9.17) is 0 Å². The van der Waals surface area contributed by atoms with Gasteiger partial charge in [0.1, 0.15) is 5.82 Å². The molecule has 0 unspecified atom stereocenters. The van der Waals surface area contributed by atoms with E-state index in [2.05, 4.69) is 47.3 Å². The normalized spacial score (nSPS) is 10.2. The van der Waals surface area contributed by atoms with Gasteiger partial charge >= 0.3 is 0 Å². The van der Waals surface area contributed by atoms with E-state index < -0.39 is 0 Å². The van der Waals surface area contributed by atoms with Crippen LogP contribution in [0.15, 0.2) is 30.6 Å². The maximum absolute atomic E-state index is 4.48. The third-order valence-electron chi connectivity index (χ3n) is 2.55. The second-order valence-electron chi connectivity index (χ2n) is 3.86. The van der Waals surface area contributed by atoms with Gasteiger partial charge in [0, 0.05) is 12.6 Å². The van der Waals surface area contributed by atoms with Crippen LogP contribution in [0, 0.1) is 13.8 Å². The lowest BCUT2D eigenvalue weighted by Gasteiger charge is -2.07. The molecule has 0 aliphatic carbocycles. The van der Waals surface area contributed by atoms with E-state index in [-0.39, 0.29) is 0 Å². The molecule has 0 aliphatic heterocycles. The maximum Gasteiger partial charge on any atom is 0.144 e. The molecule has 2 aromatic rings. The molecule has 3 heteroatoms. The minimum atomic E-state index is 0.789. The van der Waals surface area contributed by atoms with Gasteiger partial charge in [-0.1, -0.05) is 23.8 Å². The minimum absolute atomic E-state index is 0.789. The highest BCUT2D eigenvalue weighted by atomic mass is 15.0. The minimum Gasteiger partial charge on any atom is -0.372 e. The molecular formula is C13H15N3. The number of benzene rings is 1. The second kappa shape index (κ2) is 4.31. The van der Waals surface area contributed by atoms with Crippen molar-refractivity contribution in [3.05, 3.63) is 41.7 Å². The van der Waals surface area contributed by atoms with Crippen LogP contribution < -0.4 is 5.32 Å². The molecule has 0 radical (unpaired) electrons. The Bertz CT molecular complexity index is 506. The average Bonchev–Trinajstić information content (AvgIpc) is 2.29. The first-order valence-electron chi connectivity index (χ1n) is 5.28. The summed E-state index contributed by atoms with van der Waals surface area (Å²) in [5, 5.41) is 2.99. The van der Waals surface area contributed by atoms with Crippen LogP contribution in [0.25, 0.3) is 11.3 Å². The van der Waals surface area contributed by atoms with Crippen LogP contribution in [-0.4, -0.2) is 17.0 Å². The van der Waals surface area contributed by atoms with Crippen LogP contribution in [0.2, 0.25) is 0 Å². The van der Waals surface area contributed by atoms with E-state index >= 15 is 0 Å². The molecule has 0 bridgehead atoms. The summed E-state index contributed by atoms with van der Waals surface area (Å²) in [5.41, 5.74) is 4.53. The zero-order valence-electron chi connectivity index (χ0n) is 9.78. The molecule has 3 nitrogen and oxygen atoms in total. The zero-order chi connectivity index (χ0) is 11.5. The van der Waals surface area contributed by atoms with E-state index in [1.165, 1.54) is 11.1 Å². The van der Waals surface area contributed by atoms with Gasteiger partial charge in [0.25, 0.3) is 0 Å². The fourth-order valence-corrected chi connectivity index (χ4v) is 1.72. The first kappa shape index (κ1) is 10.6. The highest BCUT2D eigenvalue weighted by molar-refractivity contribution is 5.64. The van der Waals surface area contributed by atoms with Crippen LogP contribution in [-0.2, 0) is 0 Å². The first-order valence-corrected chi connectivity index (χ1v) is 5.28. The van der Waals surface area contributed by atoms with Crippen molar-refractivity contribution in [1.82, 2.24) is 9.97 Å². The van der Waals surface area contributed by atoms with Crippen LogP contribution in [0.3, 0.4) is 0 Å². The van der Waals surface area contributed by atoms with Crippen LogP contribution in [0.1, 0.15) is 11.1 Å². The van der Waals surface area contributed by atoms with Gasteiger partial charge in [-0.25, -0.2) is 4.98 Å². The lowest BCUT2D eigenvalue weighted by molar-refractivity contribution is 1.18. The fraction of sp³-hybridized carbons (Fsp3) is 0.231. The van der Waals surface area contributed by atoms with Gasteiger partial charge in [0.05, 0.1) is 18.1 Å². The van der Waals surface area contributed by atoms with Gasteiger partial charge < -0.3 is 5.32 Å². The van der Waals surface area contributed by atoms with Crippen molar-refractivity contribution < 1.29 is 0 Å².